The largest absolute Gasteiger partial charge is 0.475 e. The van der Waals surface area contributed by atoms with Crippen LogP contribution in [0.15, 0.2) is 115 Å². The zero-order valence-electron chi connectivity index (χ0n) is 30.9. The third-order valence-electron chi connectivity index (χ3n) is 9.78. The van der Waals surface area contributed by atoms with E-state index >= 15 is 0 Å². The van der Waals surface area contributed by atoms with E-state index in [9.17, 15) is 0 Å². The van der Waals surface area contributed by atoms with Gasteiger partial charge in [0, 0.05) is 63.4 Å². The van der Waals surface area contributed by atoms with Crippen molar-refractivity contribution >= 4 is 88.6 Å². The first-order valence-corrected chi connectivity index (χ1v) is 27.1. The minimum atomic E-state index is -0.741. The second-order valence-electron chi connectivity index (χ2n) is 16.2. The van der Waals surface area contributed by atoms with E-state index in [0.717, 1.165) is 34.3 Å². The Morgan fingerprint density at radius 2 is 0.289 bits per heavy atom. The summed E-state index contributed by atoms with van der Waals surface area (Å²) < 4.78 is 9.09. The molecule has 1 rings (SSSR count). The van der Waals surface area contributed by atoms with Crippen LogP contribution in [0.25, 0.3) is 0 Å². The van der Waals surface area contributed by atoms with Crippen molar-refractivity contribution < 1.29 is 34.3 Å². The molecule has 0 bridgehead atoms. The molecule has 0 unspecified atom stereocenters. The number of hydrogen-bond acceptors (Lipinski definition) is 0. The molecule has 0 aromatic rings. The summed E-state index contributed by atoms with van der Waals surface area (Å²) in [4.78, 5) is 0. The Morgan fingerprint density at radius 3 is 0.333 bits per heavy atom. The first-order chi connectivity index (χ1) is 20.4. The molecule has 0 saturated carbocycles. The molecule has 1 heterocycles. The van der Waals surface area contributed by atoms with Crippen LogP contribution in [0.2, 0.25) is 0 Å². The molecule has 0 N–H and O–H groups in total. The molecule has 1 aliphatic rings. The van der Waals surface area contributed by atoms with Gasteiger partial charge in [-0.3, -0.25) is 0 Å². The topological polar surface area (TPSA) is 0 Å². The molecule has 0 amide bonds. The Hall–Kier alpha value is -0.748. The maximum Gasteiger partial charge on any atom is 0.475 e. The first-order valence-electron chi connectivity index (χ1n) is 15.7. The lowest BCUT2D eigenvalue weighted by Gasteiger charge is -2.50. The van der Waals surface area contributed by atoms with Gasteiger partial charge in [-0.05, 0) is 59.2 Å². The Morgan fingerprint density at radius 1 is 0.222 bits per heavy atom. The fourth-order valence-corrected chi connectivity index (χ4v) is 59.0. The van der Waals surface area contributed by atoms with Gasteiger partial charge in [0.1, 0.15) is 0 Å². The molecule has 45 heavy (non-hydrogen) atoms. The molecule has 1 fully saturated rings. The highest BCUT2D eigenvalue weighted by atomic mass is 28.4. The normalized spacial score (nSPS) is 50.6. The van der Waals surface area contributed by atoms with E-state index < -0.39 is 88.6 Å². The number of nitrogens with zero attached hydrogens (tertiary/aromatic N) is 9. The molecule has 0 aromatic carbocycles. The molecular formula is C27H72N9Si9+9. The lowest BCUT2D eigenvalue weighted by molar-refractivity contribution is -0.856. The monoisotopic (exact) mass is 774 g/mol. The van der Waals surface area contributed by atoms with E-state index in [2.05, 4.69) is 178 Å². The summed E-state index contributed by atoms with van der Waals surface area (Å²) in [6.07, 6.45) is 20.4. The van der Waals surface area contributed by atoms with Crippen LogP contribution in [0.1, 0.15) is 0 Å². The van der Waals surface area contributed by atoms with Crippen molar-refractivity contribution in [3.05, 3.63) is 115 Å². The van der Waals surface area contributed by atoms with Gasteiger partial charge in [-0.25, -0.2) is 0 Å². The zero-order valence-corrected chi connectivity index (χ0v) is 43.7. The van der Waals surface area contributed by atoms with Gasteiger partial charge in [-0.2, -0.15) is 0 Å². The van der Waals surface area contributed by atoms with Gasteiger partial charge in [-0.15, -0.1) is 0 Å². The predicted molar refractivity (Wildman–Crippen MR) is 224 cm³/mol. The van der Waals surface area contributed by atoms with Crippen molar-refractivity contribution in [2.75, 3.05) is 63.4 Å². The van der Waals surface area contributed by atoms with Crippen molar-refractivity contribution in [2.24, 2.45) is 0 Å². The minimum absolute atomic E-state index is 0.741. The maximum atomic E-state index is 4.45. The summed E-state index contributed by atoms with van der Waals surface area (Å²) in [5.74, 6) is 0. The number of quaternary nitrogens is 9. The zero-order chi connectivity index (χ0) is 35.2. The second-order valence-corrected chi connectivity index (χ2v) is 52.8. The lowest BCUT2D eigenvalue weighted by Crippen LogP contribution is -2.77. The Bertz CT molecular complexity index is 891. The minimum Gasteiger partial charge on any atom is -0.336 e. The maximum absolute atomic E-state index is 4.45. The summed E-state index contributed by atoms with van der Waals surface area (Å²) in [6, 6.07) is 0. The summed E-state index contributed by atoms with van der Waals surface area (Å²) in [7, 11) is 15.4. The van der Waals surface area contributed by atoms with E-state index in [1.54, 1.807) is 0 Å². The molecule has 0 aromatic heterocycles. The van der Waals surface area contributed by atoms with Gasteiger partial charge >= 0.3 is 88.6 Å². The van der Waals surface area contributed by atoms with Gasteiger partial charge < -0.3 is 34.3 Å². The highest BCUT2D eigenvalue weighted by Crippen LogP contribution is 2.22. The summed E-state index contributed by atoms with van der Waals surface area (Å²) in [5.41, 5.74) is 0. The van der Waals surface area contributed by atoms with Crippen molar-refractivity contribution in [3.8, 4) is 0 Å². The fraction of sp³-hybridized carbons (Fsp3) is 0.333. The van der Waals surface area contributed by atoms with Gasteiger partial charge in [-0.1, -0.05) is 0 Å². The molecule has 1 aliphatic heterocycles. The predicted octanol–water partition coefficient (Wildman–Crippen LogP) is -3.70. The molecule has 18 heteroatoms. The van der Waals surface area contributed by atoms with Gasteiger partial charge in [0.05, 0.1) is 55.8 Å². The Kier molecular flexibility index (Phi) is 14.3. The molecule has 252 valence electrons. The highest BCUT2D eigenvalue weighted by Gasteiger charge is 2.53. The SMILES string of the molecule is C=C[N+]1(C)[SiH2][N+](C)(C=C)[SiH2][N+](C)(C=C)[SiH2][N+](C)(C=C)[SiH2][N+](C)(C=C)[SiH2][N+](C)(C=C)[SiH2][N+](C)(C=C)[SiH2][N+](C)(C=C)[SiH2][N+](C)(C=C)[SiH2]1. The molecular weight excluding hydrogens is 703 g/mol. The molecule has 0 aliphatic carbocycles. The van der Waals surface area contributed by atoms with Crippen molar-refractivity contribution in [1.29, 1.82) is 0 Å². The first kappa shape index (κ1) is 42.3. The van der Waals surface area contributed by atoms with Gasteiger partial charge in [0.25, 0.3) is 0 Å². The third-order valence-corrected chi connectivity index (χ3v) is 36.9. The van der Waals surface area contributed by atoms with Crippen LogP contribution in [0.5, 0.6) is 0 Å². The van der Waals surface area contributed by atoms with Gasteiger partial charge in [0.15, 0.2) is 0 Å². The summed E-state index contributed by atoms with van der Waals surface area (Å²) in [6.45, 7) is 40.1. The van der Waals surface area contributed by atoms with Gasteiger partial charge in [0.2, 0.25) is 0 Å². The summed E-state index contributed by atoms with van der Waals surface area (Å²) in [5, 5.41) is 0. The van der Waals surface area contributed by atoms with Crippen molar-refractivity contribution in [1.82, 2.24) is 0 Å². The Labute approximate surface area is 299 Å². The van der Waals surface area contributed by atoms with Crippen LogP contribution >= 0.6 is 0 Å². The van der Waals surface area contributed by atoms with E-state index in [0.29, 0.717) is 0 Å². The van der Waals surface area contributed by atoms with E-state index in [-0.39, 0.29) is 0 Å². The smallest absolute Gasteiger partial charge is 0.336 e. The molecule has 1 saturated heterocycles. The van der Waals surface area contributed by atoms with Crippen LogP contribution in [0.4, 0.5) is 0 Å². The molecule has 0 radical (unpaired) electrons. The molecule has 0 atom stereocenters. The molecule has 9 nitrogen and oxygen atoms in total. The van der Waals surface area contributed by atoms with Crippen LogP contribution < -0.4 is 0 Å². The third kappa shape index (κ3) is 11.4. The standard InChI is InChI=1S/C27H72N9Si9/c1-19-28(10)37-29(11,20-2)39-31(13,22-4)41-33(15,24-6)43-35(17,26-8)45-36(18,27-9)44-34(16,25-7)42-32(14,23-5)40-30(12,21-3)38-28/h19-27H,1-9,37-45H2,10-18H3/q+9. The summed E-state index contributed by atoms with van der Waals surface area (Å²) >= 11 is 0. The van der Waals surface area contributed by atoms with E-state index in [1.807, 2.05) is 0 Å². The van der Waals surface area contributed by atoms with Crippen molar-refractivity contribution in [3.63, 3.8) is 0 Å². The van der Waals surface area contributed by atoms with Crippen LogP contribution in [0.3, 0.4) is 0 Å². The fourth-order valence-electron chi connectivity index (χ4n) is 8.08. The number of rotatable bonds is 9. The quantitative estimate of drug-likeness (QED) is 0.212. The molecule has 0 spiro atoms. The van der Waals surface area contributed by atoms with Crippen LogP contribution in [0, 0.1) is 0 Å². The van der Waals surface area contributed by atoms with Crippen molar-refractivity contribution in [2.45, 2.75) is 0 Å². The van der Waals surface area contributed by atoms with Crippen LogP contribution in [-0.2, 0) is 0 Å². The average molecular weight is 776 g/mol. The second kappa shape index (κ2) is 15.2. The Balaban J connectivity index is 4.05. The highest BCUT2D eigenvalue weighted by molar-refractivity contribution is 6.49. The average Bonchev–Trinajstić information content (AvgIpc) is 2.95. The van der Waals surface area contributed by atoms with E-state index in [1.165, 1.54) is 0 Å². The van der Waals surface area contributed by atoms with Crippen LogP contribution in [-0.4, -0.2) is 186 Å². The van der Waals surface area contributed by atoms with E-state index in [4.69, 9.17) is 0 Å². The number of hydrogen-bond donors (Lipinski definition) is 0. The lowest BCUT2D eigenvalue weighted by atomic mass is 11.0.